The van der Waals surface area contributed by atoms with Crippen molar-refractivity contribution in [3.63, 3.8) is 0 Å². The minimum atomic E-state index is -0.294. The molecule has 1 aromatic heterocycles. The van der Waals surface area contributed by atoms with Gasteiger partial charge in [0.1, 0.15) is 6.07 Å². The molecule has 0 N–H and O–H groups in total. The van der Waals surface area contributed by atoms with Crippen molar-refractivity contribution in [1.82, 2.24) is 4.98 Å². The summed E-state index contributed by atoms with van der Waals surface area (Å²) < 4.78 is 15.7. The normalized spacial score (nSPS) is 14.9. The van der Waals surface area contributed by atoms with Gasteiger partial charge in [0.25, 0.3) is 0 Å². The van der Waals surface area contributed by atoms with Gasteiger partial charge in [-0.15, -0.1) is 0 Å². The molecule has 1 aromatic rings. The number of hydrogen-bond donors (Lipinski definition) is 0. The molecule has 0 amide bonds. The lowest BCUT2D eigenvalue weighted by Crippen LogP contribution is -2.36. The number of rotatable bonds is 5. The van der Waals surface area contributed by atoms with Crippen molar-refractivity contribution in [2.75, 3.05) is 37.8 Å². The standard InChI is InChI=1S/C13H17N3O4/c1-2-19-12(17)4-3-11-15-10(9-14)13(20-11)16-5-7-18-8-6-16/h2-8H2,1H3. The van der Waals surface area contributed by atoms with E-state index in [2.05, 4.69) is 4.98 Å². The predicted octanol–water partition coefficient (Wildman–Crippen LogP) is 0.879. The van der Waals surface area contributed by atoms with Gasteiger partial charge in [-0.2, -0.15) is 5.26 Å². The number of oxazole rings is 1. The number of ether oxygens (including phenoxy) is 2. The molecule has 0 saturated carbocycles. The van der Waals surface area contributed by atoms with E-state index in [9.17, 15) is 4.79 Å². The second kappa shape index (κ2) is 6.91. The van der Waals surface area contributed by atoms with Crippen molar-refractivity contribution in [2.45, 2.75) is 19.8 Å². The van der Waals surface area contributed by atoms with Gasteiger partial charge in [-0.25, -0.2) is 4.98 Å². The van der Waals surface area contributed by atoms with E-state index in [1.807, 2.05) is 11.0 Å². The third kappa shape index (κ3) is 3.48. The van der Waals surface area contributed by atoms with Crippen LogP contribution in [0.15, 0.2) is 4.42 Å². The van der Waals surface area contributed by atoms with Crippen LogP contribution in [0.25, 0.3) is 0 Å². The van der Waals surface area contributed by atoms with Gasteiger partial charge in [-0.05, 0) is 6.92 Å². The maximum absolute atomic E-state index is 11.3. The second-order valence-electron chi connectivity index (χ2n) is 4.28. The maximum Gasteiger partial charge on any atom is 0.306 e. The third-order valence-electron chi connectivity index (χ3n) is 2.91. The number of nitriles is 1. The van der Waals surface area contributed by atoms with Crippen LogP contribution in [0.1, 0.15) is 24.9 Å². The largest absolute Gasteiger partial charge is 0.466 e. The van der Waals surface area contributed by atoms with E-state index in [4.69, 9.17) is 19.2 Å². The highest BCUT2D eigenvalue weighted by atomic mass is 16.5. The first-order valence-corrected chi connectivity index (χ1v) is 6.62. The molecule has 0 aliphatic carbocycles. The zero-order chi connectivity index (χ0) is 14.4. The number of carbonyl (C=O) groups excluding carboxylic acids is 1. The molecule has 7 heteroatoms. The number of aromatic nitrogens is 1. The van der Waals surface area contributed by atoms with Gasteiger partial charge in [0.2, 0.25) is 11.6 Å². The van der Waals surface area contributed by atoms with Crippen LogP contribution < -0.4 is 4.90 Å². The summed E-state index contributed by atoms with van der Waals surface area (Å²) in [5.41, 5.74) is 0.255. The minimum Gasteiger partial charge on any atom is -0.466 e. The number of nitrogens with zero attached hydrogens (tertiary/aromatic N) is 3. The highest BCUT2D eigenvalue weighted by molar-refractivity contribution is 5.69. The molecule has 0 aromatic carbocycles. The molecule has 1 aliphatic heterocycles. The van der Waals surface area contributed by atoms with Gasteiger partial charge < -0.3 is 18.8 Å². The van der Waals surface area contributed by atoms with E-state index >= 15 is 0 Å². The summed E-state index contributed by atoms with van der Waals surface area (Å²) in [6.45, 7) is 4.65. The van der Waals surface area contributed by atoms with Gasteiger partial charge >= 0.3 is 5.97 Å². The summed E-state index contributed by atoms with van der Waals surface area (Å²) in [6, 6.07) is 2.02. The van der Waals surface area contributed by atoms with E-state index in [0.717, 1.165) is 0 Å². The van der Waals surface area contributed by atoms with Crippen molar-refractivity contribution in [2.24, 2.45) is 0 Å². The molecule has 108 valence electrons. The molecule has 7 nitrogen and oxygen atoms in total. The van der Waals surface area contributed by atoms with Gasteiger partial charge in [0, 0.05) is 19.5 Å². The Morgan fingerprint density at radius 2 is 2.25 bits per heavy atom. The summed E-state index contributed by atoms with van der Waals surface area (Å²) in [4.78, 5) is 17.3. The van der Waals surface area contributed by atoms with Crippen LogP contribution in [0.2, 0.25) is 0 Å². The number of hydrogen-bond acceptors (Lipinski definition) is 7. The lowest BCUT2D eigenvalue weighted by atomic mass is 10.3. The Morgan fingerprint density at radius 1 is 1.50 bits per heavy atom. The van der Waals surface area contributed by atoms with Crippen molar-refractivity contribution in [1.29, 1.82) is 5.26 Å². The summed E-state index contributed by atoms with van der Waals surface area (Å²) in [6.07, 6.45) is 0.527. The van der Waals surface area contributed by atoms with Crippen molar-refractivity contribution < 1.29 is 18.7 Å². The van der Waals surface area contributed by atoms with Crippen LogP contribution in [0.3, 0.4) is 0 Å². The smallest absolute Gasteiger partial charge is 0.306 e. The fourth-order valence-corrected chi connectivity index (χ4v) is 1.96. The van der Waals surface area contributed by atoms with Crippen molar-refractivity contribution in [3.8, 4) is 6.07 Å². The van der Waals surface area contributed by atoms with Gasteiger partial charge in [0.15, 0.2) is 5.89 Å². The zero-order valence-corrected chi connectivity index (χ0v) is 11.4. The molecule has 1 aliphatic rings. The Bertz CT molecular complexity index is 500. The zero-order valence-electron chi connectivity index (χ0n) is 11.4. The van der Waals surface area contributed by atoms with Gasteiger partial charge in [-0.1, -0.05) is 0 Å². The average Bonchev–Trinajstić information content (AvgIpc) is 2.90. The Kier molecular flexibility index (Phi) is 4.96. The predicted molar refractivity (Wildman–Crippen MR) is 69.2 cm³/mol. The van der Waals surface area contributed by atoms with Crippen LogP contribution in [-0.4, -0.2) is 43.9 Å². The second-order valence-corrected chi connectivity index (χ2v) is 4.28. The number of carbonyl (C=O) groups is 1. The molecule has 1 saturated heterocycles. The molecule has 2 rings (SSSR count). The maximum atomic E-state index is 11.3. The summed E-state index contributed by atoms with van der Waals surface area (Å²) in [5.74, 6) is 0.558. The minimum absolute atomic E-state index is 0.196. The Balaban J connectivity index is 2.02. The van der Waals surface area contributed by atoms with Crippen LogP contribution >= 0.6 is 0 Å². The summed E-state index contributed by atoms with van der Waals surface area (Å²) >= 11 is 0. The summed E-state index contributed by atoms with van der Waals surface area (Å²) in [7, 11) is 0. The number of aryl methyl sites for hydroxylation is 1. The first-order valence-electron chi connectivity index (χ1n) is 6.62. The fourth-order valence-electron chi connectivity index (χ4n) is 1.96. The van der Waals surface area contributed by atoms with E-state index in [-0.39, 0.29) is 18.1 Å². The van der Waals surface area contributed by atoms with Gasteiger partial charge in [-0.3, -0.25) is 4.79 Å². The molecular weight excluding hydrogens is 262 g/mol. The van der Waals surface area contributed by atoms with Crippen LogP contribution in [0, 0.1) is 11.3 Å². The third-order valence-corrected chi connectivity index (χ3v) is 2.91. The molecule has 0 atom stereocenters. The fraction of sp³-hybridized carbons (Fsp3) is 0.615. The lowest BCUT2D eigenvalue weighted by molar-refractivity contribution is -0.143. The van der Waals surface area contributed by atoms with E-state index < -0.39 is 0 Å². The molecule has 2 heterocycles. The monoisotopic (exact) mass is 279 g/mol. The molecule has 0 unspecified atom stereocenters. The Hall–Kier alpha value is -2.07. The van der Waals surface area contributed by atoms with Crippen LogP contribution in [-0.2, 0) is 20.7 Å². The molecule has 20 heavy (non-hydrogen) atoms. The quantitative estimate of drug-likeness (QED) is 0.739. The molecule has 0 radical (unpaired) electrons. The summed E-state index contributed by atoms with van der Waals surface area (Å²) in [5, 5.41) is 9.10. The Labute approximate surface area is 117 Å². The number of morpholine rings is 1. The number of esters is 1. The molecule has 0 spiro atoms. The highest BCUT2D eigenvalue weighted by Crippen LogP contribution is 2.23. The SMILES string of the molecule is CCOC(=O)CCc1nc(C#N)c(N2CCOCC2)o1. The first-order chi connectivity index (χ1) is 9.74. The van der Waals surface area contributed by atoms with E-state index in [1.165, 1.54) is 0 Å². The van der Waals surface area contributed by atoms with E-state index in [1.54, 1.807) is 6.92 Å². The van der Waals surface area contributed by atoms with Crippen molar-refractivity contribution in [3.05, 3.63) is 11.6 Å². The van der Waals surface area contributed by atoms with Crippen LogP contribution in [0.5, 0.6) is 0 Å². The highest BCUT2D eigenvalue weighted by Gasteiger charge is 2.21. The lowest BCUT2D eigenvalue weighted by Gasteiger charge is -2.25. The Morgan fingerprint density at radius 3 is 2.90 bits per heavy atom. The molecular formula is C13H17N3O4. The topological polar surface area (TPSA) is 88.6 Å². The van der Waals surface area contributed by atoms with Crippen molar-refractivity contribution >= 4 is 11.9 Å². The molecule has 0 bridgehead atoms. The number of anilines is 1. The first kappa shape index (κ1) is 14.3. The average molecular weight is 279 g/mol. The van der Waals surface area contributed by atoms with E-state index in [0.29, 0.717) is 51.1 Å². The van der Waals surface area contributed by atoms with Crippen LogP contribution in [0.4, 0.5) is 5.88 Å². The van der Waals surface area contributed by atoms with Gasteiger partial charge in [0.05, 0.1) is 26.2 Å². The molecule has 1 fully saturated rings.